The van der Waals surface area contributed by atoms with Crippen LogP contribution in [0, 0.1) is 11.8 Å². The van der Waals surface area contributed by atoms with E-state index < -0.39 is 5.97 Å². The first-order chi connectivity index (χ1) is 14.5. The maximum absolute atomic E-state index is 11.9. The molecule has 0 unspecified atom stereocenters. The van der Waals surface area contributed by atoms with Crippen molar-refractivity contribution in [2.24, 2.45) is 11.8 Å². The molecule has 1 aliphatic rings. The summed E-state index contributed by atoms with van der Waals surface area (Å²) in [6.07, 6.45) is 9.32. The van der Waals surface area contributed by atoms with Crippen molar-refractivity contribution in [2.45, 2.75) is 52.5 Å². The van der Waals surface area contributed by atoms with Crippen LogP contribution in [-0.2, 0) is 4.74 Å². The minimum Gasteiger partial charge on any atom is -0.479 e. The summed E-state index contributed by atoms with van der Waals surface area (Å²) in [5, 5.41) is 8.82. The Balaban J connectivity index is 1.64. The van der Waals surface area contributed by atoms with E-state index in [2.05, 4.69) is 34.0 Å². The number of hydrogen-bond donors (Lipinski definition) is 0. The van der Waals surface area contributed by atoms with Crippen LogP contribution in [0.15, 0.2) is 18.6 Å². The standard InChI is InChI=1S/C21H28N6O3/c1-5-30-20(28)15-10-22-26(12-15)21-24-17-11-23-27(18(17)19(25-21)29-4)16-8-6-14(7-9-16)13(2)3/h10-14,16H,5-9H2,1-4H3. The van der Waals surface area contributed by atoms with Crippen molar-refractivity contribution in [3.63, 3.8) is 0 Å². The first kappa shape index (κ1) is 20.3. The predicted molar refractivity (Wildman–Crippen MR) is 111 cm³/mol. The summed E-state index contributed by atoms with van der Waals surface area (Å²) in [5.74, 6) is 1.83. The molecule has 4 rings (SSSR count). The zero-order chi connectivity index (χ0) is 21.3. The molecule has 9 heteroatoms. The Bertz CT molecular complexity index is 1030. The van der Waals surface area contributed by atoms with Gasteiger partial charge in [-0.05, 0) is 44.4 Å². The summed E-state index contributed by atoms with van der Waals surface area (Å²) in [6.45, 7) is 6.67. The molecule has 9 nitrogen and oxygen atoms in total. The molecule has 160 valence electrons. The van der Waals surface area contributed by atoms with Gasteiger partial charge in [-0.15, -0.1) is 0 Å². The number of fused-ring (bicyclic) bond motifs is 1. The van der Waals surface area contributed by atoms with Crippen molar-refractivity contribution in [1.29, 1.82) is 0 Å². The van der Waals surface area contributed by atoms with Crippen LogP contribution in [0.2, 0.25) is 0 Å². The smallest absolute Gasteiger partial charge is 0.341 e. The van der Waals surface area contributed by atoms with Gasteiger partial charge in [0.1, 0.15) is 11.0 Å². The second-order valence-corrected chi connectivity index (χ2v) is 8.06. The van der Waals surface area contributed by atoms with Gasteiger partial charge in [0.2, 0.25) is 5.88 Å². The van der Waals surface area contributed by atoms with Crippen LogP contribution >= 0.6 is 0 Å². The second kappa shape index (κ2) is 8.41. The summed E-state index contributed by atoms with van der Waals surface area (Å²) in [5.41, 5.74) is 1.83. The topological polar surface area (TPSA) is 97.0 Å². The Kier molecular flexibility index (Phi) is 5.69. The average molecular weight is 412 g/mol. The maximum atomic E-state index is 11.9. The van der Waals surface area contributed by atoms with Crippen LogP contribution in [0.5, 0.6) is 5.88 Å². The lowest BCUT2D eigenvalue weighted by Crippen LogP contribution is -2.22. The fraction of sp³-hybridized carbons (Fsp3) is 0.571. The molecule has 0 amide bonds. The van der Waals surface area contributed by atoms with Gasteiger partial charge in [-0.3, -0.25) is 4.68 Å². The summed E-state index contributed by atoms with van der Waals surface area (Å²) >= 11 is 0. The van der Waals surface area contributed by atoms with Crippen LogP contribution in [0.1, 0.15) is 62.9 Å². The summed E-state index contributed by atoms with van der Waals surface area (Å²) in [7, 11) is 1.59. The van der Waals surface area contributed by atoms with Crippen LogP contribution in [0.4, 0.5) is 0 Å². The molecule has 3 heterocycles. The molecular weight excluding hydrogens is 384 g/mol. The third-order valence-electron chi connectivity index (χ3n) is 5.92. The van der Waals surface area contributed by atoms with Crippen molar-refractivity contribution < 1.29 is 14.3 Å². The van der Waals surface area contributed by atoms with E-state index in [9.17, 15) is 4.79 Å². The van der Waals surface area contributed by atoms with E-state index in [4.69, 9.17) is 9.47 Å². The Labute approximate surface area is 175 Å². The highest BCUT2D eigenvalue weighted by molar-refractivity contribution is 5.88. The van der Waals surface area contributed by atoms with Crippen LogP contribution in [0.25, 0.3) is 17.0 Å². The molecule has 0 N–H and O–H groups in total. The number of hydrogen-bond acceptors (Lipinski definition) is 7. The molecule has 1 aliphatic carbocycles. The van der Waals surface area contributed by atoms with E-state index in [1.54, 1.807) is 26.4 Å². The monoisotopic (exact) mass is 412 g/mol. The third kappa shape index (κ3) is 3.76. The first-order valence-corrected chi connectivity index (χ1v) is 10.5. The molecule has 1 saturated carbocycles. The number of esters is 1. The molecule has 0 radical (unpaired) electrons. The molecule has 0 spiro atoms. The number of carbonyl (C=O) groups is 1. The van der Waals surface area contributed by atoms with Gasteiger partial charge in [0.15, 0.2) is 0 Å². The lowest BCUT2D eigenvalue weighted by Gasteiger charge is -2.31. The lowest BCUT2D eigenvalue weighted by atomic mass is 9.80. The van der Waals surface area contributed by atoms with Crippen LogP contribution < -0.4 is 4.74 Å². The van der Waals surface area contributed by atoms with E-state index in [1.165, 1.54) is 23.7 Å². The second-order valence-electron chi connectivity index (χ2n) is 8.06. The number of carbonyl (C=O) groups excluding carboxylic acids is 1. The Hall–Kier alpha value is -2.97. The van der Waals surface area contributed by atoms with Crippen molar-refractivity contribution in [1.82, 2.24) is 29.5 Å². The molecule has 0 atom stereocenters. The fourth-order valence-corrected chi connectivity index (χ4v) is 4.21. The Morgan fingerprint density at radius 3 is 2.60 bits per heavy atom. The summed E-state index contributed by atoms with van der Waals surface area (Å²) < 4.78 is 14.1. The molecule has 0 bridgehead atoms. The van der Waals surface area contributed by atoms with Gasteiger partial charge in [0.05, 0.1) is 37.7 Å². The number of nitrogens with zero attached hydrogens (tertiary/aromatic N) is 6. The number of rotatable bonds is 6. The van der Waals surface area contributed by atoms with E-state index in [1.807, 2.05) is 4.68 Å². The van der Waals surface area contributed by atoms with Gasteiger partial charge in [-0.25, -0.2) is 14.5 Å². The highest BCUT2D eigenvalue weighted by Crippen LogP contribution is 2.38. The number of aromatic nitrogens is 6. The van der Waals surface area contributed by atoms with Gasteiger partial charge in [0, 0.05) is 6.20 Å². The van der Waals surface area contributed by atoms with Gasteiger partial charge in [-0.2, -0.15) is 15.2 Å². The molecular formula is C21H28N6O3. The number of methoxy groups -OCH3 is 1. The van der Waals surface area contributed by atoms with Gasteiger partial charge in [0.25, 0.3) is 5.95 Å². The highest BCUT2D eigenvalue weighted by atomic mass is 16.5. The molecule has 0 aliphatic heterocycles. The normalized spacial score (nSPS) is 19.4. The molecule has 3 aromatic heterocycles. The van der Waals surface area contributed by atoms with E-state index in [0.717, 1.165) is 24.3 Å². The zero-order valence-electron chi connectivity index (χ0n) is 17.9. The van der Waals surface area contributed by atoms with E-state index in [0.29, 0.717) is 41.5 Å². The minimum absolute atomic E-state index is 0.304. The SMILES string of the molecule is CCOC(=O)c1cnn(-c2nc(OC)c3c(cnn3C3CCC(C(C)C)CC3)n2)c1. The van der Waals surface area contributed by atoms with E-state index in [-0.39, 0.29) is 0 Å². The van der Waals surface area contributed by atoms with Crippen molar-refractivity contribution in [3.8, 4) is 11.8 Å². The predicted octanol–water partition coefficient (Wildman–Crippen LogP) is 3.58. The average Bonchev–Trinajstić information content (AvgIpc) is 3.41. The van der Waals surface area contributed by atoms with E-state index >= 15 is 0 Å². The van der Waals surface area contributed by atoms with Crippen LogP contribution in [0.3, 0.4) is 0 Å². The summed E-state index contributed by atoms with van der Waals surface area (Å²) in [6, 6.07) is 0.320. The molecule has 0 saturated heterocycles. The molecule has 1 fully saturated rings. The third-order valence-corrected chi connectivity index (χ3v) is 5.92. The molecule has 0 aromatic carbocycles. The Morgan fingerprint density at radius 1 is 1.17 bits per heavy atom. The quantitative estimate of drug-likeness (QED) is 0.571. The highest BCUT2D eigenvalue weighted by Gasteiger charge is 2.27. The zero-order valence-corrected chi connectivity index (χ0v) is 17.9. The van der Waals surface area contributed by atoms with Crippen molar-refractivity contribution in [2.75, 3.05) is 13.7 Å². The largest absolute Gasteiger partial charge is 0.479 e. The van der Waals surface area contributed by atoms with Gasteiger partial charge >= 0.3 is 5.97 Å². The fourth-order valence-electron chi connectivity index (χ4n) is 4.21. The van der Waals surface area contributed by atoms with Crippen molar-refractivity contribution >= 4 is 17.0 Å². The van der Waals surface area contributed by atoms with Gasteiger partial charge in [-0.1, -0.05) is 13.8 Å². The van der Waals surface area contributed by atoms with Crippen LogP contribution in [-0.4, -0.2) is 49.2 Å². The molecule has 3 aromatic rings. The first-order valence-electron chi connectivity index (χ1n) is 10.5. The van der Waals surface area contributed by atoms with Crippen molar-refractivity contribution in [3.05, 3.63) is 24.2 Å². The maximum Gasteiger partial charge on any atom is 0.341 e. The summed E-state index contributed by atoms with van der Waals surface area (Å²) in [4.78, 5) is 21.1. The minimum atomic E-state index is -0.429. The Morgan fingerprint density at radius 2 is 1.93 bits per heavy atom. The van der Waals surface area contributed by atoms with Gasteiger partial charge < -0.3 is 9.47 Å². The number of ether oxygens (including phenoxy) is 2. The molecule has 30 heavy (non-hydrogen) atoms. The lowest BCUT2D eigenvalue weighted by molar-refractivity contribution is 0.0526.